The molecule has 0 aromatic heterocycles. The Morgan fingerprint density at radius 2 is 1.97 bits per heavy atom. The van der Waals surface area contributed by atoms with Crippen LogP contribution in [-0.4, -0.2) is 43.6 Å². The number of nitro groups is 1. The Morgan fingerprint density at radius 3 is 2.62 bits per heavy atom. The SMILES string of the molecule is COC(=O)COc1c(Cl)cc(/C=C2\N=C(c3cc([N+](=O)[O-])ccc3Cl)OC2=O)cc1OC. The molecule has 0 amide bonds. The number of nitro benzene ring substituents is 1. The molecule has 10 nitrogen and oxygen atoms in total. The first kappa shape index (κ1) is 23.0. The normalized spacial score (nSPS) is 14.1. The molecule has 0 fully saturated rings. The Bertz CT molecular complexity index is 1180. The lowest BCUT2D eigenvalue weighted by Crippen LogP contribution is -2.13. The van der Waals surface area contributed by atoms with E-state index in [4.69, 9.17) is 37.4 Å². The molecule has 0 atom stereocenters. The molecule has 0 N–H and O–H groups in total. The lowest BCUT2D eigenvalue weighted by Gasteiger charge is -2.12. The summed E-state index contributed by atoms with van der Waals surface area (Å²) in [4.78, 5) is 38.1. The fraction of sp³-hybridized carbons (Fsp3) is 0.150. The molecular formula is C20H14Cl2N2O8. The van der Waals surface area contributed by atoms with Gasteiger partial charge in [0.25, 0.3) is 5.69 Å². The zero-order valence-corrected chi connectivity index (χ0v) is 18.1. The maximum atomic E-state index is 12.3. The van der Waals surface area contributed by atoms with Crippen molar-refractivity contribution in [2.24, 2.45) is 4.99 Å². The van der Waals surface area contributed by atoms with Gasteiger partial charge in [-0.1, -0.05) is 23.2 Å². The highest BCUT2D eigenvalue weighted by Gasteiger charge is 2.27. The van der Waals surface area contributed by atoms with Crippen LogP contribution in [0.3, 0.4) is 0 Å². The van der Waals surface area contributed by atoms with Gasteiger partial charge in [-0.25, -0.2) is 14.6 Å². The van der Waals surface area contributed by atoms with Crippen molar-refractivity contribution in [3.8, 4) is 11.5 Å². The molecule has 12 heteroatoms. The third kappa shape index (κ3) is 4.98. The molecule has 32 heavy (non-hydrogen) atoms. The number of hydrogen-bond donors (Lipinski definition) is 0. The van der Waals surface area contributed by atoms with Crippen molar-refractivity contribution < 1.29 is 33.5 Å². The maximum Gasteiger partial charge on any atom is 0.363 e. The number of carbonyl (C=O) groups is 2. The van der Waals surface area contributed by atoms with E-state index in [1.165, 1.54) is 44.6 Å². The Balaban J connectivity index is 1.94. The number of non-ortho nitro benzene ring substituents is 1. The smallest absolute Gasteiger partial charge is 0.363 e. The van der Waals surface area contributed by atoms with Crippen LogP contribution in [0.2, 0.25) is 10.0 Å². The van der Waals surface area contributed by atoms with E-state index in [1.54, 1.807) is 0 Å². The molecule has 0 bridgehead atoms. The van der Waals surface area contributed by atoms with Crippen molar-refractivity contribution >= 4 is 52.8 Å². The number of nitrogens with zero attached hydrogens (tertiary/aromatic N) is 2. The van der Waals surface area contributed by atoms with Crippen molar-refractivity contribution in [1.29, 1.82) is 0 Å². The van der Waals surface area contributed by atoms with Crippen molar-refractivity contribution in [1.82, 2.24) is 0 Å². The summed E-state index contributed by atoms with van der Waals surface area (Å²) in [6.45, 7) is -0.378. The van der Waals surface area contributed by atoms with Gasteiger partial charge in [0, 0.05) is 12.1 Å². The third-order valence-corrected chi connectivity index (χ3v) is 4.74. The van der Waals surface area contributed by atoms with E-state index in [1.807, 2.05) is 0 Å². The topological polar surface area (TPSA) is 127 Å². The van der Waals surface area contributed by atoms with Gasteiger partial charge in [-0.2, -0.15) is 0 Å². The second-order valence-electron chi connectivity index (χ2n) is 6.16. The van der Waals surface area contributed by atoms with Crippen LogP contribution in [-0.2, 0) is 19.1 Å². The minimum Gasteiger partial charge on any atom is -0.493 e. The first-order chi connectivity index (χ1) is 15.2. The highest BCUT2D eigenvalue weighted by molar-refractivity contribution is 6.34. The summed E-state index contributed by atoms with van der Waals surface area (Å²) in [7, 11) is 2.59. The van der Waals surface area contributed by atoms with Gasteiger partial charge in [0.05, 0.1) is 34.8 Å². The molecule has 0 unspecified atom stereocenters. The minimum atomic E-state index is -0.788. The average molecular weight is 481 g/mol. The van der Waals surface area contributed by atoms with E-state index in [-0.39, 0.29) is 51.0 Å². The van der Waals surface area contributed by atoms with Gasteiger partial charge in [-0.3, -0.25) is 10.1 Å². The van der Waals surface area contributed by atoms with Gasteiger partial charge in [0.15, 0.2) is 23.8 Å². The van der Waals surface area contributed by atoms with Crippen LogP contribution >= 0.6 is 23.2 Å². The highest BCUT2D eigenvalue weighted by Crippen LogP contribution is 2.37. The van der Waals surface area contributed by atoms with E-state index in [0.717, 1.165) is 6.07 Å². The monoisotopic (exact) mass is 480 g/mol. The van der Waals surface area contributed by atoms with Crippen molar-refractivity contribution in [3.05, 3.63) is 67.3 Å². The number of benzene rings is 2. The number of cyclic esters (lactones) is 1. The molecule has 166 valence electrons. The van der Waals surface area contributed by atoms with Crippen molar-refractivity contribution in [2.75, 3.05) is 20.8 Å². The third-order valence-electron chi connectivity index (χ3n) is 4.13. The largest absolute Gasteiger partial charge is 0.493 e. The average Bonchev–Trinajstić information content (AvgIpc) is 3.12. The van der Waals surface area contributed by atoms with Gasteiger partial charge in [0.1, 0.15) is 0 Å². The summed E-state index contributed by atoms with van der Waals surface area (Å²) in [6, 6.07) is 6.66. The Morgan fingerprint density at radius 1 is 1.22 bits per heavy atom. The zero-order chi connectivity index (χ0) is 23.4. The van der Waals surface area contributed by atoms with Crippen LogP contribution in [0.5, 0.6) is 11.5 Å². The number of aliphatic imine (C=N–C) groups is 1. The lowest BCUT2D eigenvalue weighted by molar-refractivity contribution is -0.384. The van der Waals surface area contributed by atoms with E-state index < -0.39 is 16.9 Å². The van der Waals surface area contributed by atoms with Crippen LogP contribution in [0.1, 0.15) is 11.1 Å². The fourth-order valence-corrected chi connectivity index (χ4v) is 3.10. The molecule has 1 aliphatic rings. The number of esters is 2. The van der Waals surface area contributed by atoms with Gasteiger partial charge < -0.3 is 18.9 Å². The predicted molar refractivity (Wildman–Crippen MR) is 114 cm³/mol. The molecule has 2 aromatic carbocycles. The van der Waals surface area contributed by atoms with Gasteiger partial charge in [0.2, 0.25) is 5.90 Å². The summed E-state index contributed by atoms with van der Waals surface area (Å²) in [5.41, 5.74) is 0.183. The Hall–Kier alpha value is -3.63. The van der Waals surface area contributed by atoms with Crippen molar-refractivity contribution in [2.45, 2.75) is 0 Å². The summed E-state index contributed by atoms with van der Waals surface area (Å²) in [6.07, 6.45) is 1.37. The van der Waals surface area contributed by atoms with Crippen LogP contribution in [0.15, 0.2) is 41.0 Å². The summed E-state index contributed by atoms with van der Waals surface area (Å²) >= 11 is 12.3. The molecule has 1 aliphatic heterocycles. The number of hydrogen-bond acceptors (Lipinski definition) is 9. The summed E-state index contributed by atoms with van der Waals surface area (Å²) < 4.78 is 20.2. The molecule has 1 heterocycles. The van der Waals surface area contributed by atoms with E-state index >= 15 is 0 Å². The molecule has 0 spiro atoms. The van der Waals surface area contributed by atoms with Crippen molar-refractivity contribution in [3.63, 3.8) is 0 Å². The predicted octanol–water partition coefficient (Wildman–Crippen LogP) is 3.81. The van der Waals surface area contributed by atoms with Crippen LogP contribution < -0.4 is 9.47 Å². The first-order valence-corrected chi connectivity index (χ1v) is 9.53. The Kier molecular flexibility index (Phi) is 6.96. The second-order valence-corrected chi connectivity index (χ2v) is 6.97. The molecular weight excluding hydrogens is 467 g/mol. The number of halogens is 2. The molecule has 0 aliphatic carbocycles. The molecule has 0 saturated carbocycles. The lowest BCUT2D eigenvalue weighted by atomic mass is 10.1. The van der Waals surface area contributed by atoms with Crippen LogP contribution in [0.4, 0.5) is 5.69 Å². The van der Waals surface area contributed by atoms with E-state index in [2.05, 4.69) is 9.73 Å². The Labute approximate surface area is 191 Å². The summed E-state index contributed by atoms with van der Waals surface area (Å²) in [5, 5.41) is 11.2. The second kappa shape index (κ2) is 9.67. The number of ether oxygens (including phenoxy) is 4. The highest BCUT2D eigenvalue weighted by atomic mass is 35.5. The molecule has 2 aromatic rings. The van der Waals surface area contributed by atoms with Gasteiger partial charge in [-0.05, 0) is 29.8 Å². The maximum absolute atomic E-state index is 12.3. The minimum absolute atomic E-state index is 0.0936. The van der Waals surface area contributed by atoms with Crippen LogP contribution in [0, 0.1) is 10.1 Å². The molecule has 0 saturated heterocycles. The molecule has 0 radical (unpaired) electrons. The van der Waals surface area contributed by atoms with Crippen LogP contribution in [0.25, 0.3) is 6.08 Å². The standard InChI is InChI=1S/C20H14Cl2N2O8/c1-29-16-7-10(5-14(22)18(16)31-9-17(25)30-2)6-15-20(26)32-19(23-15)12-8-11(24(27)28)3-4-13(12)21/h3-8H,9H2,1-2H3/b15-6-. The van der Waals surface area contributed by atoms with E-state index in [0.29, 0.717) is 5.56 Å². The molecule has 3 rings (SSSR count). The fourth-order valence-electron chi connectivity index (χ4n) is 2.63. The number of methoxy groups -OCH3 is 2. The first-order valence-electron chi connectivity index (χ1n) is 8.77. The number of rotatable bonds is 7. The van der Waals surface area contributed by atoms with Gasteiger partial charge >= 0.3 is 11.9 Å². The number of carbonyl (C=O) groups excluding carboxylic acids is 2. The summed E-state index contributed by atoms with van der Waals surface area (Å²) in [5.74, 6) is -1.26. The van der Waals surface area contributed by atoms with Gasteiger partial charge in [-0.15, -0.1) is 0 Å². The zero-order valence-electron chi connectivity index (χ0n) is 16.6. The quantitative estimate of drug-likeness (QED) is 0.253. The van der Waals surface area contributed by atoms with E-state index in [9.17, 15) is 19.7 Å².